The minimum Gasteiger partial charge on any atom is -0.493 e. The number of hydrogen-bond acceptors (Lipinski definition) is 5. The Balaban J connectivity index is 1.53. The van der Waals surface area contributed by atoms with E-state index in [1.807, 2.05) is 72.8 Å². The Morgan fingerprint density at radius 2 is 1.88 bits per heavy atom. The van der Waals surface area contributed by atoms with Crippen LogP contribution in [0.1, 0.15) is 11.1 Å². The van der Waals surface area contributed by atoms with Crippen molar-refractivity contribution in [3.05, 3.63) is 90.8 Å². The van der Waals surface area contributed by atoms with Crippen LogP contribution in [0.2, 0.25) is 0 Å². The monoisotopic (exact) mass is 620 g/mol. The predicted octanol–water partition coefficient (Wildman–Crippen LogP) is 6.53. The zero-order valence-corrected chi connectivity index (χ0v) is 21.5. The number of para-hydroxylation sites is 1. The fourth-order valence-electron chi connectivity index (χ4n) is 2.95. The van der Waals surface area contributed by atoms with E-state index in [0.717, 1.165) is 24.9 Å². The van der Waals surface area contributed by atoms with Gasteiger partial charge in [0.2, 0.25) is 0 Å². The Kier molecular flexibility index (Phi) is 7.54. The summed E-state index contributed by atoms with van der Waals surface area (Å²) >= 11 is 6.97. The highest BCUT2D eigenvalue weighted by Gasteiger charge is 2.24. The Morgan fingerprint density at radius 1 is 1.12 bits per heavy atom. The molecule has 0 saturated carbocycles. The zero-order chi connectivity index (χ0) is 22.5. The van der Waals surface area contributed by atoms with E-state index < -0.39 is 0 Å². The van der Waals surface area contributed by atoms with Crippen LogP contribution in [0.25, 0.3) is 6.08 Å². The third-order valence-electron chi connectivity index (χ3n) is 4.48. The van der Waals surface area contributed by atoms with E-state index in [0.29, 0.717) is 28.2 Å². The van der Waals surface area contributed by atoms with Gasteiger partial charge in [0.15, 0.2) is 16.7 Å². The average Bonchev–Trinajstić information content (AvgIpc) is 3.12. The van der Waals surface area contributed by atoms with Crippen LogP contribution in [-0.2, 0) is 11.4 Å². The molecule has 5 nitrogen and oxygen atoms in total. The first-order valence-electron chi connectivity index (χ1n) is 9.61. The second-order valence-corrected chi connectivity index (χ2v) is 9.88. The molecule has 1 amide bonds. The van der Waals surface area contributed by atoms with Gasteiger partial charge in [-0.3, -0.25) is 4.79 Å². The van der Waals surface area contributed by atoms with E-state index in [1.165, 1.54) is 11.8 Å². The highest BCUT2D eigenvalue weighted by atomic mass is 127. The molecule has 1 saturated heterocycles. The van der Waals surface area contributed by atoms with Crippen molar-refractivity contribution in [3.63, 3.8) is 0 Å². The average molecular weight is 621 g/mol. The van der Waals surface area contributed by atoms with Crippen LogP contribution in [0, 0.1) is 3.57 Å². The molecule has 0 atom stereocenters. The van der Waals surface area contributed by atoms with Gasteiger partial charge in [-0.15, -0.1) is 0 Å². The summed E-state index contributed by atoms with van der Waals surface area (Å²) in [6, 6.07) is 21.3. The number of amidine groups is 1. The van der Waals surface area contributed by atoms with Gasteiger partial charge in [0, 0.05) is 4.47 Å². The van der Waals surface area contributed by atoms with Crippen LogP contribution < -0.4 is 14.8 Å². The van der Waals surface area contributed by atoms with Crippen molar-refractivity contribution in [2.45, 2.75) is 6.61 Å². The number of rotatable bonds is 6. The fraction of sp³-hybridized carbons (Fsp3) is 0.0833. The molecule has 3 aromatic rings. The smallest absolute Gasteiger partial charge is 0.264 e. The maximum Gasteiger partial charge on any atom is 0.264 e. The van der Waals surface area contributed by atoms with Gasteiger partial charge in [-0.25, -0.2) is 4.99 Å². The van der Waals surface area contributed by atoms with Crippen molar-refractivity contribution in [2.75, 3.05) is 7.11 Å². The third-order valence-corrected chi connectivity index (χ3v) is 6.72. The van der Waals surface area contributed by atoms with Gasteiger partial charge in [-0.05, 0) is 88.0 Å². The number of methoxy groups -OCH3 is 1. The largest absolute Gasteiger partial charge is 0.493 e. The third kappa shape index (κ3) is 5.73. The van der Waals surface area contributed by atoms with Crippen LogP contribution in [0.4, 0.5) is 5.69 Å². The maximum absolute atomic E-state index is 12.4. The molecule has 3 aromatic carbocycles. The van der Waals surface area contributed by atoms with E-state index in [2.05, 4.69) is 48.8 Å². The SMILES string of the molecule is COc1cc(/C=C2\SC(=Nc3ccccc3)NC2=O)cc(I)c1OCc1ccc(Br)cc1. The molecule has 1 fully saturated rings. The standard InChI is InChI=1S/C24H18BrIN2O3S/c1-30-20-12-16(11-19(26)22(20)31-14-15-7-9-17(25)10-8-15)13-21-23(29)28-24(32-21)27-18-5-3-2-4-6-18/h2-13H,14H2,1H3,(H,27,28,29)/b21-13-. The molecule has 0 aromatic heterocycles. The molecule has 1 aliphatic rings. The second kappa shape index (κ2) is 10.5. The van der Waals surface area contributed by atoms with Gasteiger partial charge in [-0.2, -0.15) is 0 Å². The Bertz CT molecular complexity index is 1200. The van der Waals surface area contributed by atoms with Crippen molar-refractivity contribution in [1.82, 2.24) is 5.32 Å². The first-order chi connectivity index (χ1) is 15.5. The molecule has 4 rings (SSSR count). The lowest BCUT2D eigenvalue weighted by atomic mass is 10.2. The van der Waals surface area contributed by atoms with Crippen LogP contribution in [-0.4, -0.2) is 18.2 Å². The number of carbonyl (C=O) groups excluding carboxylic acids is 1. The summed E-state index contributed by atoms with van der Waals surface area (Å²) in [6.07, 6.45) is 1.83. The molecule has 0 unspecified atom stereocenters. The maximum atomic E-state index is 12.4. The van der Waals surface area contributed by atoms with Gasteiger partial charge in [-0.1, -0.05) is 46.3 Å². The number of nitrogens with one attached hydrogen (secondary N) is 1. The molecule has 1 N–H and O–H groups in total. The lowest BCUT2D eigenvalue weighted by Gasteiger charge is -2.14. The summed E-state index contributed by atoms with van der Waals surface area (Å²) in [5.41, 5.74) is 2.70. The number of benzene rings is 3. The molecule has 1 heterocycles. The van der Waals surface area contributed by atoms with Gasteiger partial charge in [0.25, 0.3) is 5.91 Å². The highest BCUT2D eigenvalue weighted by molar-refractivity contribution is 14.1. The van der Waals surface area contributed by atoms with Gasteiger partial charge >= 0.3 is 0 Å². The zero-order valence-electron chi connectivity index (χ0n) is 17.0. The molecule has 0 aliphatic carbocycles. The summed E-state index contributed by atoms with van der Waals surface area (Å²) < 4.78 is 13.5. The molecular formula is C24H18BrIN2O3S. The van der Waals surface area contributed by atoms with Crippen LogP contribution in [0.3, 0.4) is 0 Å². The highest BCUT2D eigenvalue weighted by Crippen LogP contribution is 2.36. The lowest BCUT2D eigenvalue weighted by molar-refractivity contribution is -0.115. The van der Waals surface area contributed by atoms with Crippen molar-refractivity contribution < 1.29 is 14.3 Å². The van der Waals surface area contributed by atoms with Gasteiger partial charge in [0.1, 0.15) is 6.61 Å². The van der Waals surface area contributed by atoms with Gasteiger partial charge in [0.05, 0.1) is 21.3 Å². The van der Waals surface area contributed by atoms with E-state index in [9.17, 15) is 4.79 Å². The number of nitrogens with zero attached hydrogens (tertiary/aromatic N) is 1. The lowest BCUT2D eigenvalue weighted by Crippen LogP contribution is -2.19. The Labute approximate surface area is 212 Å². The summed E-state index contributed by atoms with van der Waals surface area (Å²) in [7, 11) is 1.61. The summed E-state index contributed by atoms with van der Waals surface area (Å²) in [5, 5.41) is 3.37. The molecule has 162 valence electrons. The van der Waals surface area contributed by atoms with Crippen molar-refractivity contribution in [1.29, 1.82) is 0 Å². The minimum absolute atomic E-state index is 0.172. The van der Waals surface area contributed by atoms with Crippen LogP contribution >= 0.6 is 50.3 Å². The molecular weight excluding hydrogens is 603 g/mol. The number of hydrogen-bond donors (Lipinski definition) is 1. The number of halogens is 2. The first-order valence-corrected chi connectivity index (χ1v) is 12.3. The summed E-state index contributed by atoms with van der Waals surface area (Å²) in [6.45, 7) is 0.428. The molecule has 0 radical (unpaired) electrons. The topological polar surface area (TPSA) is 59.9 Å². The molecule has 8 heteroatoms. The first kappa shape index (κ1) is 22.9. The predicted molar refractivity (Wildman–Crippen MR) is 141 cm³/mol. The summed E-state index contributed by atoms with van der Waals surface area (Å²) in [4.78, 5) is 17.5. The normalized spacial score (nSPS) is 15.8. The quantitative estimate of drug-likeness (QED) is 0.251. The van der Waals surface area contributed by atoms with Crippen molar-refractivity contribution in [3.8, 4) is 11.5 Å². The van der Waals surface area contributed by atoms with Crippen molar-refractivity contribution in [2.24, 2.45) is 4.99 Å². The molecule has 1 aliphatic heterocycles. The number of amides is 1. The van der Waals surface area contributed by atoms with E-state index >= 15 is 0 Å². The number of ether oxygens (including phenoxy) is 2. The second-order valence-electron chi connectivity index (χ2n) is 6.77. The van der Waals surface area contributed by atoms with Crippen molar-refractivity contribution >= 4 is 73.1 Å². The fourth-order valence-corrected chi connectivity index (χ4v) is 4.84. The number of aliphatic imine (C=N–C) groups is 1. The number of thioether (sulfide) groups is 1. The molecule has 0 bridgehead atoms. The molecule has 32 heavy (non-hydrogen) atoms. The van der Waals surface area contributed by atoms with Crippen LogP contribution in [0.15, 0.2) is 81.1 Å². The minimum atomic E-state index is -0.172. The summed E-state index contributed by atoms with van der Waals surface area (Å²) in [5.74, 6) is 1.12. The van der Waals surface area contributed by atoms with E-state index in [-0.39, 0.29) is 5.91 Å². The Morgan fingerprint density at radius 3 is 2.59 bits per heavy atom. The van der Waals surface area contributed by atoms with Gasteiger partial charge < -0.3 is 14.8 Å². The van der Waals surface area contributed by atoms with Crippen LogP contribution in [0.5, 0.6) is 11.5 Å². The number of carbonyl (C=O) groups is 1. The Hall–Kier alpha value is -2.30. The molecule has 0 spiro atoms. The van der Waals surface area contributed by atoms with E-state index in [1.54, 1.807) is 7.11 Å². The van der Waals surface area contributed by atoms with E-state index in [4.69, 9.17) is 9.47 Å².